The van der Waals surface area contributed by atoms with Gasteiger partial charge in [-0.2, -0.15) is 0 Å². The summed E-state index contributed by atoms with van der Waals surface area (Å²) in [4.78, 5) is 27.9. The number of rotatable bonds is 12. The van der Waals surface area contributed by atoms with Crippen LogP contribution in [0.25, 0.3) is 0 Å². The number of hydrogen-bond donors (Lipinski definition) is 1. The average Bonchev–Trinajstić information content (AvgIpc) is 2.79. The second kappa shape index (κ2) is 12.6. The first kappa shape index (κ1) is 28.2. The topological polar surface area (TPSA) is 86.8 Å². The number of nitrogens with zero attached hydrogens (tertiary/aromatic N) is 2. The Morgan fingerprint density at radius 1 is 1.06 bits per heavy atom. The van der Waals surface area contributed by atoms with E-state index in [-0.39, 0.29) is 18.1 Å². The fraction of sp³-hybridized carbons (Fsp3) is 0.440. The maximum atomic E-state index is 13.8. The molecule has 1 N–H and O–H groups in total. The van der Waals surface area contributed by atoms with E-state index >= 15 is 0 Å². The van der Waals surface area contributed by atoms with E-state index in [1.54, 1.807) is 6.92 Å². The highest BCUT2D eigenvalue weighted by Gasteiger charge is 2.32. The van der Waals surface area contributed by atoms with Crippen molar-refractivity contribution in [3.8, 4) is 0 Å². The smallest absolute Gasteiger partial charge is 0.244 e. The third-order valence-corrected chi connectivity index (χ3v) is 6.83. The van der Waals surface area contributed by atoms with Gasteiger partial charge >= 0.3 is 0 Å². The monoisotopic (exact) mass is 509 g/mol. The van der Waals surface area contributed by atoms with Crippen LogP contribution in [-0.2, 0) is 26.2 Å². The van der Waals surface area contributed by atoms with Gasteiger partial charge in [-0.3, -0.25) is 13.9 Å². The summed E-state index contributed by atoms with van der Waals surface area (Å²) in [5.41, 5.74) is 1.53. The molecule has 2 rings (SSSR count). The van der Waals surface area contributed by atoms with Crippen molar-refractivity contribution in [2.75, 3.05) is 23.7 Å². The normalized spacial score (nSPS) is 12.2. The summed E-state index contributed by atoms with van der Waals surface area (Å²) < 4.78 is 53.0. The number of hydrogen-bond acceptors (Lipinski definition) is 4. The molecule has 2 amide bonds. The molecule has 0 fully saturated rings. The van der Waals surface area contributed by atoms with Crippen molar-refractivity contribution >= 4 is 27.5 Å². The third kappa shape index (κ3) is 7.74. The Balaban J connectivity index is 2.43. The van der Waals surface area contributed by atoms with Crippen molar-refractivity contribution in [2.24, 2.45) is 0 Å². The number of carbonyl (C=O) groups is 2. The number of halogens is 2. The lowest BCUT2D eigenvalue weighted by Gasteiger charge is -2.33. The zero-order valence-corrected chi connectivity index (χ0v) is 21.4. The fourth-order valence-corrected chi connectivity index (χ4v) is 4.49. The molecule has 0 spiro atoms. The Labute approximate surface area is 206 Å². The molecule has 10 heteroatoms. The molecule has 1 unspecified atom stereocenters. The van der Waals surface area contributed by atoms with Crippen LogP contribution in [0, 0.1) is 18.6 Å². The average molecular weight is 510 g/mol. The molecule has 7 nitrogen and oxygen atoms in total. The minimum atomic E-state index is -4.03. The quantitative estimate of drug-likeness (QED) is 0.442. The molecule has 0 aromatic heterocycles. The van der Waals surface area contributed by atoms with Crippen molar-refractivity contribution < 1.29 is 26.8 Å². The second-order valence-corrected chi connectivity index (χ2v) is 10.3. The lowest BCUT2D eigenvalue weighted by atomic mass is 10.1. The van der Waals surface area contributed by atoms with Crippen LogP contribution in [0.2, 0.25) is 0 Å². The number of benzene rings is 2. The number of carbonyl (C=O) groups excluding carboxylic acids is 2. The van der Waals surface area contributed by atoms with E-state index in [9.17, 15) is 26.8 Å². The van der Waals surface area contributed by atoms with Crippen LogP contribution in [0.5, 0.6) is 0 Å². The van der Waals surface area contributed by atoms with E-state index < -0.39 is 40.2 Å². The van der Waals surface area contributed by atoms with E-state index in [2.05, 4.69) is 5.32 Å². The summed E-state index contributed by atoms with van der Waals surface area (Å²) in [5.74, 6) is -3.34. The van der Waals surface area contributed by atoms with Gasteiger partial charge in [-0.15, -0.1) is 0 Å². The van der Waals surface area contributed by atoms with Gasteiger partial charge in [0.2, 0.25) is 21.8 Å². The van der Waals surface area contributed by atoms with Crippen molar-refractivity contribution in [1.29, 1.82) is 0 Å². The second-order valence-electron chi connectivity index (χ2n) is 8.38. The van der Waals surface area contributed by atoms with Crippen LogP contribution in [0.4, 0.5) is 14.5 Å². The lowest BCUT2D eigenvalue weighted by Crippen LogP contribution is -2.52. The number of unbranched alkanes of at least 4 members (excludes halogenated alkanes) is 1. The molecular formula is C25H33F2N3O4S. The molecule has 35 heavy (non-hydrogen) atoms. The molecule has 0 radical (unpaired) electrons. The molecule has 0 aliphatic rings. The maximum Gasteiger partial charge on any atom is 0.244 e. The van der Waals surface area contributed by atoms with Gasteiger partial charge < -0.3 is 10.2 Å². The Morgan fingerprint density at radius 3 is 2.31 bits per heavy atom. The Kier molecular flexibility index (Phi) is 10.2. The van der Waals surface area contributed by atoms with Crippen LogP contribution in [0.15, 0.2) is 42.5 Å². The van der Waals surface area contributed by atoms with Gasteiger partial charge in [0.1, 0.15) is 12.6 Å². The number of anilines is 1. The number of aryl methyl sites for hydroxylation is 1. The molecular weight excluding hydrogens is 476 g/mol. The lowest BCUT2D eigenvalue weighted by molar-refractivity contribution is -0.140. The Bertz CT molecular complexity index is 1140. The molecule has 0 aliphatic carbocycles. The highest BCUT2D eigenvalue weighted by atomic mass is 32.2. The number of nitrogens with one attached hydrogen (secondary N) is 1. The van der Waals surface area contributed by atoms with Crippen LogP contribution >= 0.6 is 0 Å². The molecule has 1 atom stereocenters. The van der Waals surface area contributed by atoms with Crippen LogP contribution < -0.4 is 9.62 Å². The molecule has 0 heterocycles. The standard InChI is InChI=1S/C25H33F2N3O4S/c1-5-7-14-28-25(32)23(6-2)29(16-19-11-9-8-10-18(19)3)24(31)17-30(35(4,33)34)20-12-13-21(26)22(27)15-20/h8-13,15,23H,5-7,14,16-17H2,1-4H3,(H,28,32). The van der Waals surface area contributed by atoms with Crippen LogP contribution in [0.3, 0.4) is 0 Å². The predicted octanol–water partition coefficient (Wildman–Crippen LogP) is 3.76. The van der Waals surface area contributed by atoms with Gasteiger partial charge in [0.15, 0.2) is 11.6 Å². The van der Waals surface area contributed by atoms with Crippen molar-refractivity contribution in [2.45, 2.75) is 52.6 Å². The van der Waals surface area contributed by atoms with Gasteiger partial charge in [0, 0.05) is 19.2 Å². The van der Waals surface area contributed by atoms with Crippen LogP contribution in [-0.4, -0.2) is 50.5 Å². The molecule has 0 aliphatic heterocycles. The molecule has 2 aromatic carbocycles. The first-order chi connectivity index (χ1) is 16.5. The highest BCUT2D eigenvalue weighted by molar-refractivity contribution is 7.92. The molecule has 0 saturated carbocycles. The van der Waals surface area contributed by atoms with E-state index in [1.807, 2.05) is 38.1 Å². The van der Waals surface area contributed by atoms with Crippen LogP contribution in [0.1, 0.15) is 44.2 Å². The minimum absolute atomic E-state index is 0.0839. The Morgan fingerprint density at radius 2 is 1.74 bits per heavy atom. The maximum absolute atomic E-state index is 13.8. The summed E-state index contributed by atoms with van der Waals surface area (Å²) in [7, 11) is -4.03. The molecule has 2 aromatic rings. The first-order valence-corrected chi connectivity index (χ1v) is 13.4. The summed E-state index contributed by atoms with van der Waals surface area (Å²) in [6.45, 7) is 5.52. The summed E-state index contributed by atoms with van der Waals surface area (Å²) >= 11 is 0. The minimum Gasteiger partial charge on any atom is -0.354 e. The first-order valence-electron chi connectivity index (χ1n) is 11.5. The zero-order valence-electron chi connectivity index (χ0n) is 20.6. The summed E-state index contributed by atoms with van der Waals surface area (Å²) in [5, 5.41) is 2.84. The molecule has 0 bridgehead atoms. The number of sulfonamides is 1. The van der Waals surface area contributed by atoms with Crippen molar-refractivity contribution in [3.05, 3.63) is 65.2 Å². The largest absolute Gasteiger partial charge is 0.354 e. The van der Waals surface area contributed by atoms with Crippen molar-refractivity contribution in [1.82, 2.24) is 10.2 Å². The fourth-order valence-electron chi connectivity index (χ4n) is 3.65. The highest BCUT2D eigenvalue weighted by Crippen LogP contribution is 2.22. The SMILES string of the molecule is CCCCNC(=O)C(CC)N(Cc1ccccc1C)C(=O)CN(c1ccc(F)c(F)c1)S(C)(=O)=O. The van der Waals surface area contributed by atoms with Gasteiger partial charge in [-0.1, -0.05) is 44.5 Å². The van der Waals surface area contributed by atoms with Gasteiger partial charge in [-0.05, 0) is 43.0 Å². The van der Waals surface area contributed by atoms with E-state index in [1.165, 1.54) is 4.90 Å². The number of amides is 2. The van der Waals surface area contributed by atoms with E-state index in [0.29, 0.717) is 17.3 Å². The van der Waals surface area contributed by atoms with Crippen molar-refractivity contribution in [3.63, 3.8) is 0 Å². The van der Waals surface area contributed by atoms with Gasteiger partial charge in [0.25, 0.3) is 0 Å². The zero-order chi connectivity index (χ0) is 26.2. The summed E-state index contributed by atoms with van der Waals surface area (Å²) in [6, 6.07) is 9.16. The summed E-state index contributed by atoms with van der Waals surface area (Å²) in [6.07, 6.45) is 2.86. The third-order valence-electron chi connectivity index (χ3n) is 5.69. The van der Waals surface area contributed by atoms with Gasteiger partial charge in [0.05, 0.1) is 11.9 Å². The predicted molar refractivity (Wildman–Crippen MR) is 132 cm³/mol. The molecule has 192 valence electrons. The molecule has 0 saturated heterocycles. The van der Waals surface area contributed by atoms with Gasteiger partial charge in [-0.25, -0.2) is 17.2 Å². The van der Waals surface area contributed by atoms with E-state index in [4.69, 9.17) is 0 Å². The Hall–Kier alpha value is -3.01. The van der Waals surface area contributed by atoms with E-state index in [0.717, 1.165) is 48.4 Å².